The van der Waals surface area contributed by atoms with Crippen LogP contribution < -0.4 is 0 Å². The highest BCUT2D eigenvalue weighted by Crippen LogP contribution is 2.18. The van der Waals surface area contributed by atoms with Gasteiger partial charge in [0.05, 0.1) is 12.3 Å². The number of hydrogen-bond acceptors (Lipinski definition) is 6. The van der Waals surface area contributed by atoms with Gasteiger partial charge in [0.1, 0.15) is 5.82 Å². The van der Waals surface area contributed by atoms with Crippen LogP contribution in [0.1, 0.15) is 31.8 Å². The van der Waals surface area contributed by atoms with Crippen molar-refractivity contribution in [2.24, 2.45) is 5.92 Å². The molecule has 1 atom stereocenters. The summed E-state index contributed by atoms with van der Waals surface area (Å²) < 4.78 is 71.4. The van der Waals surface area contributed by atoms with Gasteiger partial charge in [-0.2, -0.15) is 26.3 Å². The summed E-state index contributed by atoms with van der Waals surface area (Å²) in [5.74, 6) is -3.52. The summed E-state index contributed by atoms with van der Waals surface area (Å²) in [7, 11) is 2.19. The quantitative estimate of drug-likeness (QED) is 0.556. The van der Waals surface area contributed by atoms with Crippen LogP contribution in [0.4, 0.5) is 26.3 Å². The molecule has 0 aromatic carbocycles. The van der Waals surface area contributed by atoms with Crippen molar-refractivity contribution in [3.63, 3.8) is 0 Å². The Labute approximate surface area is 204 Å². The predicted molar refractivity (Wildman–Crippen MR) is 115 cm³/mol. The van der Waals surface area contributed by atoms with Crippen LogP contribution in [0.25, 0.3) is 0 Å². The summed E-state index contributed by atoms with van der Waals surface area (Å²) in [6, 6.07) is 0.566. The average molecular weight is 534 g/mol. The maximum Gasteiger partial charge on any atom is 0.490 e. The average Bonchev–Trinajstić information content (AvgIpc) is 3.34. The summed E-state index contributed by atoms with van der Waals surface area (Å²) in [4.78, 5) is 27.5. The molecule has 2 aliphatic rings. The molecule has 2 N–H and O–H groups in total. The number of aromatic nitrogens is 2. The number of alkyl halides is 6. The number of imidazole rings is 1. The van der Waals surface area contributed by atoms with Gasteiger partial charge < -0.3 is 24.4 Å². The molecule has 1 aromatic rings. The third kappa shape index (κ3) is 11.1. The minimum Gasteiger partial charge on any atom is -0.475 e. The maximum absolute atomic E-state index is 10.6. The maximum atomic E-state index is 10.6. The first-order chi connectivity index (χ1) is 16.5. The van der Waals surface area contributed by atoms with Gasteiger partial charge in [0.2, 0.25) is 0 Å². The Morgan fingerprint density at radius 3 is 2.11 bits per heavy atom. The highest BCUT2D eigenvalue weighted by Gasteiger charge is 2.38. The van der Waals surface area contributed by atoms with Gasteiger partial charge in [-0.25, -0.2) is 14.6 Å². The second-order valence-electron chi connectivity index (χ2n) is 8.71. The summed E-state index contributed by atoms with van der Waals surface area (Å²) in [5, 5.41) is 14.2. The van der Waals surface area contributed by atoms with Gasteiger partial charge in [-0.05, 0) is 33.2 Å². The third-order valence-electron chi connectivity index (χ3n) is 5.63. The Kier molecular flexibility index (Phi) is 12.1. The summed E-state index contributed by atoms with van der Waals surface area (Å²) in [5.41, 5.74) is 1.36. The van der Waals surface area contributed by atoms with Gasteiger partial charge in [-0.1, -0.05) is 0 Å². The molecule has 15 heteroatoms. The molecule has 2 aliphatic heterocycles. The second-order valence-corrected chi connectivity index (χ2v) is 8.71. The van der Waals surface area contributed by atoms with Gasteiger partial charge in [0.25, 0.3) is 0 Å². The lowest BCUT2D eigenvalue weighted by molar-refractivity contribution is -0.193. The van der Waals surface area contributed by atoms with Gasteiger partial charge in [-0.3, -0.25) is 4.90 Å². The van der Waals surface area contributed by atoms with Crippen molar-refractivity contribution in [3.05, 3.63) is 17.7 Å². The Morgan fingerprint density at radius 1 is 1.11 bits per heavy atom. The van der Waals surface area contributed by atoms with Crippen LogP contribution in [0.2, 0.25) is 0 Å². The number of aliphatic carboxylic acids is 2. The highest BCUT2D eigenvalue weighted by atomic mass is 19.4. The van der Waals surface area contributed by atoms with Gasteiger partial charge in [0, 0.05) is 58.0 Å². The van der Waals surface area contributed by atoms with Crippen LogP contribution in [0.5, 0.6) is 0 Å². The first-order valence-corrected chi connectivity index (χ1v) is 11.2. The van der Waals surface area contributed by atoms with Crippen LogP contribution in [-0.2, 0) is 33.8 Å². The molecule has 0 aliphatic carbocycles. The fraction of sp³-hybridized carbons (Fsp3) is 0.762. The minimum atomic E-state index is -5.08. The zero-order chi connectivity index (χ0) is 27.7. The minimum absolute atomic E-state index is 0.566. The molecule has 1 fully saturated rings. The predicted octanol–water partition coefficient (Wildman–Crippen LogP) is 2.88. The lowest BCUT2D eigenvalue weighted by atomic mass is 10.1. The number of nitrogens with zero attached hydrogens (tertiary/aromatic N) is 4. The zero-order valence-corrected chi connectivity index (χ0v) is 20.3. The van der Waals surface area contributed by atoms with E-state index in [0.29, 0.717) is 6.04 Å². The SMILES string of the molecule is CC(C)N(C)Cc1cnc2n1CCN(CC1CCOC1)CC2.O=C(O)C(F)(F)F.O=C(O)C(F)(F)F. The third-order valence-corrected chi connectivity index (χ3v) is 5.63. The van der Waals surface area contributed by atoms with E-state index in [0.717, 1.165) is 51.7 Å². The fourth-order valence-corrected chi connectivity index (χ4v) is 3.38. The molecule has 1 aromatic heterocycles. The number of hydrogen-bond donors (Lipinski definition) is 2. The Hall–Kier alpha value is -2.39. The van der Waals surface area contributed by atoms with Gasteiger partial charge in [-0.15, -0.1) is 0 Å². The van der Waals surface area contributed by atoms with Crippen molar-refractivity contribution < 1.29 is 50.9 Å². The van der Waals surface area contributed by atoms with E-state index in [1.165, 1.54) is 24.5 Å². The van der Waals surface area contributed by atoms with Crippen molar-refractivity contribution in [3.8, 4) is 0 Å². The second kappa shape index (κ2) is 13.8. The van der Waals surface area contributed by atoms with Gasteiger partial charge >= 0.3 is 24.3 Å². The van der Waals surface area contributed by atoms with E-state index >= 15 is 0 Å². The molecule has 9 nitrogen and oxygen atoms in total. The van der Waals surface area contributed by atoms with Crippen LogP contribution >= 0.6 is 0 Å². The molecule has 208 valence electrons. The highest BCUT2D eigenvalue weighted by molar-refractivity contribution is 5.73. The molecular weight excluding hydrogens is 502 g/mol. The van der Waals surface area contributed by atoms with E-state index < -0.39 is 24.3 Å². The van der Waals surface area contributed by atoms with Crippen LogP contribution in [-0.4, -0.2) is 99.8 Å². The summed E-state index contributed by atoms with van der Waals surface area (Å²) in [6.45, 7) is 11.9. The van der Waals surface area contributed by atoms with Crippen molar-refractivity contribution in [2.45, 2.75) is 58.2 Å². The molecule has 1 unspecified atom stereocenters. The molecule has 0 bridgehead atoms. The standard InChI is InChI=1S/C17H30N4O.2C2HF3O2/c1-14(2)19(3)12-16-10-18-17-4-6-20(7-8-21(16)17)11-15-5-9-22-13-15;2*3-2(4,5)1(6)7/h10,14-15H,4-9,11-13H2,1-3H3;2*(H,6,7). The van der Waals surface area contributed by atoms with E-state index in [1.807, 2.05) is 0 Å². The van der Waals surface area contributed by atoms with Crippen LogP contribution in [0.15, 0.2) is 6.20 Å². The first kappa shape index (κ1) is 31.6. The van der Waals surface area contributed by atoms with E-state index in [9.17, 15) is 26.3 Å². The number of carbonyl (C=O) groups is 2. The van der Waals surface area contributed by atoms with E-state index in [2.05, 4.69) is 46.4 Å². The van der Waals surface area contributed by atoms with Crippen LogP contribution in [0.3, 0.4) is 0 Å². The summed E-state index contributed by atoms with van der Waals surface area (Å²) in [6.07, 6.45) is -5.79. The van der Waals surface area contributed by atoms with E-state index in [1.54, 1.807) is 0 Å². The molecule has 0 radical (unpaired) electrons. The number of carboxylic acids is 2. The van der Waals surface area contributed by atoms with Crippen molar-refractivity contribution in [2.75, 3.05) is 39.9 Å². The first-order valence-electron chi connectivity index (χ1n) is 11.2. The summed E-state index contributed by atoms with van der Waals surface area (Å²) >= 11 is 0. The van der Waals surface area contributed by atoms with Crippen molar-refractivity contribution >= 4 is 11.9 Å². The largest absolute Gasteiger partial charge is 0.490 e. The van der Waals surface area contributed by atoms with E-state index in [4.69, 9.17) is 24.5 Å². The van der Waals surface area contributed by atoms with Crippen molar-refractivity contribution in [1.82, 2.24) is 19.4 Å². The lowest BCUT2D eigenvalue weighted by Gasteiger charge is -2.23. The van der Waals surface area contributed by atoms with Crippen molar-refractivity contribution in [1.29, 1.82) is 0 Å². The number of carboxylic acid groups (broad SMARTS) is 2. The van der Waals surface area contributed by atoms with Crippen LogP contribution in [0, 0.1) is 5.92 Å². The number of rotatable bonds is 5. The Bertz CT molecular complexity index is 814. The fourth-order valence-electron chi connectivity index (χ4n) is 3.38. The van der Waals surface area contributed by atoms with Gasteiger partial charge in [0.15, 0.2) is 0 Å². The molecular formula is C21H32F6N4O5. The zero-order valence-electron chi connectivity index (χ0n) is 20.3. The molecule has 0 spiro atoms. The normalized spacial score (nSPS) is 18.6. The Morgan fingerprint density at radius 2 is 1.67 bits per heavy atom. The Balaban J connectivity index is 0.000000383. The molecule has 1 saturated heterocycles. The molecule has 0 saturated carbocycles. The molecule has 36 heavy (non-hydrogen) atoms. The molecule has 3 rings (SSSR count). The molecule has 0 amide bonds. The van der Waals surface area contributed by atoms with E-state index in [-0.39, 0.29) is 0 Å². The number of ether oxygens (including phenoxy) is 1. The molecule has 3 heterocycles. The monoisotopic (exact) mass is 534 g/mol. The lowest BCUT2D eigenvalue weighted by Crippen LogP contribution is -2.32. The topological polar surface area (TPSA) is 108 Å². The number of fused-ring (bicyclic) bond motifs is 1. The number of halogens is 6. The smallest absolute Gasteiger partial charge is 0.475 e.